The van der Waals surface area contributed by atoms with Gasteiger partial charge in [-0.1, -0.05) is 17.7 Å². The number of rotatable bonds is 8. The summed E-state index contributed by atoms with van der Waals surface area (Å²) in [6.07, 6.45) is 2.57. The molecule has 7 nitrogen and oxygen atoms in total. The van der Waals surface area contributed by atoms with Crippen molar-refractivity contribution in [1.29, 1.82) is 0 Å². The molecular weight excluding hydrogens is 388 g/mol. The van der Waals surface area contributed by atoms with Crippen LogP contribution in [0.4, 0.5) is 0 Å². The Hall–Kier alpha value is -1.48. The van der Waals surface area contributed by atoms with Crippen LogP contribution in [0.25, 0.3) is 0 Å². The molecule has 0 unspecified atom stereocenters. The molecule has 1 N–H and O–H groups in total. The van der Waals surface area contributed by atoms with E-state index in [9.17, 15) is 13.2 Å². The molecule has 0 bridgehead atoms. The lowest BCUT2D eigenvalue weighted by Gasteiger charge is -2.29. The van der Waals surface area contributed by atoms with Gasteiger partial charge in [-0.3, -0.25) is 4.79 Å². The summed E-state index contributed by atoms with van der Waals surface area (Å²) >= 11 is 0. The third-order valence-corrected chi connectivity index (χ3v) is 7.92. The predicted molar refractivity (Wildman–Crippen MR) is 114 cm³/mol. The quantitative estimate of drug-likeness (QED) is 0.682. The summed E-state index contributed by atoms with van der Waals surface area (Å²) < 4.78 is 28.4. The normalized spacial score (nSPS) is 18.5. The highest BCUT2D eigenvalue weighted by atomic mass is 32.2. The van der Waals surface area contributed by atoms with E-state index in [1.165, 1.54) is 17.1 Å². The molecule has 1 aromatic rings. The molecule has 2 aliphatic heterocycles. The minimum absolute atomic E-state index is 0.0356. The lowest BCUT2D eigenvalue weighted by atomic mass is 10.2. The molecule has 0 spiro atoms. The van der Waals surface area contributed by atoms with Crippen LogP contribution in [-0.2, 0) is 14.8 Å². The highest BCUT2D eigenvalue weighted by molar-refractivity contribution is 7.89. The first-order valence-electron chi connectivity index (χ1n) is 10.7. The molecule has 0 atom stereocenters. The second-order valence-electron chi connectivity index (χ2n) is 8.10. The van der Waals surface area contributed by atoms with Gasteiger partial charge in [0.25, 0.3) is 0 Å². The Balaban J connectivity index is 1.72. The van der Waals surface area contributed by atoms with E-state index in [0.29, 0.717) is 31.1 Å². The van der Waals surface area contributed by atoms with Crippen molar-refractivity contribution in [3.63, 3.8) is 0 Å². The van der Waals surface area contributed by atoms with E-state index in [4.69, 9.17) is 0 Å². The zero-order valence-electron chi connectivity index (χ0n) is 17.7. The minimum atomic E-state index is -3.64. The molecule has 8 heteroatoms. The SMILES string of the molecule is Cc1ccc(S(=O)(=O)N(CCC(=O)N2CCNCC2)CCN2CCCC2)c(C)c1. The Morgan fingerprint density at radius 3 is 2.41 bits per heavy atom. The fourth-order valence-corrected chi connectivity index (χ4v) is 5.77. The monoisotopic (exact) mass is 422 g/mol. The third-order valence-electron chi connectivity index (χ3n) is 5.86. The Bertz CT molecular complexity index is 800. The molecule has 2 aliphatic rings. The van der Waals surface area contributed by atoms with Gasteiger partial charge in [0.2, 0.25) is 15.9 Å². The van der Waals surface area contributed by atoms with Gasteiger partial charge in [0.05, 0.1) is 4.90 Å². The van der Waals surface area contributed by atoms with Crippen molar-refractivity contribution in [1.82, 2.24) is 19.4 Å². The number of nitrogens with one attached hydrogen (secondary N) is 1. The van der Waals surface area contributed by atoms with E-state index in [1.807, 2.05) is 30.9 Å². The summed E-state index contributed by atoms with van der Waals surface area (Å²) in [7, 11) is -3.64. The van der Waals surface area contributed by atoms with E-state index >= 15 is 0 Å². The van der Waals surface area contributed by atoms with Crippen LogP contribution >= 0.6 is 0 Å². The Morgan fingerprint density at radius 1 is 1.07 bits per heavy atom. The number of sulfonamides is 1. The van der Waals surface area contributed by atoms with Crippen molar-refractivity contribution >= 4 is 15.9 Å². The second kappa shape index (κ2) is 10.0. The Morgan fingerprint density at radius 2 is 1.76 bits per heavy atom. The fourth-order valence-electron chi connectivity index (χ4n) is 4.13. The number of nitrogens with zero attached hydrogens (tertiary/aromatic N) is 3. The van der Waals surface area contributed by atoms with Crippen LogP contribution in [0.3, 0.4) is 0 Å². The summed E-state index contributed by atoms with van der Waals surface area (Å²) in [6, 6.07) is 5.43. The number of hydrogen-bond donors (Lipinski definition) is 1. The van der Waals surface area contributed by atoms with Crippen LogP contribution in [0.1, 0.15) is 30.4 Å². The molecule has 1 amide bonds. The average molecular weight is 423 g/mol. The number of likely N-dealkylation sites (tertiary alicyclic amines) is 1. The van der Waals surface area contributed by atoms with Crippen LogP contribution in [-0.4, -0.2) is 87.3 Å². The molecule has 162 valence electrons. The summed E-state index contributed by atoms with van der Waals surface area (Å²) in [5, 5.41) is 3.24. The first-order chi connectivity index (χ1) is 13.9. The van der Waals surface area contributed by atoms with E-state index in [0.717, 1.165) is 37.3 Å². The molecule has 29 heavy (non-hydrogen) atoms. The zero-order valence-corrected chi connectivity index (χ0v) is 18.5. The van der Waals surface area contributed by atoms with E-state index in [1.54, 1.807) is 6.07 Å². The van der Waals surface area contributed by atoms with Gasteiger partial charge in [-0.2, -0.15) is 4.31 Å². The number of benzene rings is 1. The molecule has 1 aromatic carbocycles. The van der Waals surface area contributed by atoms with Crippen molar-refractivity contribution in [2.45, 2.75) is 38.0 Å². The summed E-state index contributed by atoms with van der Waals surface area (Å²) in [5.41, 5.74) is 1.79. The van der Waals surface area contributed by atoms with Gasteiger partial charge in [0.1, 0.15) is 0 Å². The lowest BCUT2D eigenvalue weighted by molar-refractivity contribution is -0.131. The number of carbonyl (C=O) groups excluding carboxylic acids is 1. The number of hydrogen-bond acceptors (Lipinski definition) is 5. The van der Waals surface area contributed by atoms with Crippen molar-refractivity contribution in [2.24, 2.45) is 0 Å². The molecule has 3 rings (SSSR count). The minimum Gasteiger partial charge on any atom is -0.340 e. The van der Waals surface area contributed by atoms with Gasteiger partial charge in [-0.15, -0.1) is 0 Å². The number of amides is 1. The first kappa shape index (κ1) is 22.2. The summed E-state index contributed by atoms with van der Waals surface area (Å²) in [4.78, 5) is 17.1. The second-order valence-corrected chi connectivity index (χ2v) is 10.0. The smallest absolute Gasteiger partial charge is 0.243 e. The average Bonchev–Trinajstić information content (AvgIpc) is 3.21. The summed E-state index contributed by atoms with van der Waals surface area (Å²) in [5.74, 6) is 0.0356. The highest BCUT2D eigenvalue weighted by Crippen LogP contribution is 2.22. The standard InChI is InChI=1S/C21H34N4O3S/c1-18-5-6-20(19(2)17-18)29(27,28)25(16-15-23-10-3-4-11-23)12-7-21(26)24-13-8-22-9-14-24/h5-6,17,22H,3-4,7-16H2,1-2H3. The number of carbonyl (C=O) groups is 1. The predicted octanol–water partition coefficient (Wildman–Crippen LogP) is 1.21. The molecule has 0 aromatic heterocycles. The maximum atomic E-state index is 13.4. The molecule has 2 saturated heterocycles. The van der Waals surface area contributed by atoms with Crippen molar-refractivity contribution in [2.75, 3.05) is 58.9 Å². The van der Waals surface area contributed by atoms with Gasteiger partial charge >= 0.3 is 0 Å². The van der Waals surface area contributed by atoms with Crippen molar-refractivity contribution in [3.8, 4) is 0 Å². The van der Waals surface area contributed by atoms with Gasteiger partial charge in [-0.25, -0.2) is 8.42 Å². The molecule has 0 saturated carbocycles. The van der Waals surface area contributed by atoms with Gasteiger partial charge in [0, 0.05) is 52.2 Å². The topological polar surface area (TPSA) is 73.0 Å². The van der Waals surface area contributed by atoms with Crippen molar-refractivity contribution in [3.05, 3.63) is 29.3 Å². The van der Waals surface area contributed by atoms with Crippen LogP contribution in [0, 0.1) is 13.8 Å². The van der Waals surface area contributed by atoms with Crippen LogP contribution in [0.15, 0.2) is 23.1 Å². The van der Waals surface area contributed by atoms with E-state index in [-0.39, 0.29) is 18.9 Å². The fraction of sp³-hybridized carbons (Fsp3) is 0.667. The summed E-state index contributed by atoms with van der Waals surface area (Å²) in [6.45, 7) is 10.2. The Labute approximate surface area is 175 Å². The Kier molecular flexibility index (Phi) is 7.67. The third kappa shape index (κ3) is 5.78. The molecule has 2 fully saturated rings. The van der Waals surface area contributed by atoms with E-state index < -0.39 is 10.0 Å². The van der Waals surface area contributed by atoms with Gasteiger partial charge in [0.15, 0.2) is 0 Å². The van der Waals surface area contributed by atoms with Crippen molar-refractivity contribution < 1.29 is 13.2 Å². The maximum Gasteiger partial charge on any atom is 0.243 e. The first-order valence-corrected chi connectivity index (χ1v) is 12.1. The highest BCUT2D eigenvalue weighted by Gasteiger charge is 2.28. The zero-order chi connectivity index (χ0) is 20.9. The van der Waals surface area contributed by atoms with Gasteiger partial charge in [-0.05, 0) is 51.4 Å². The molecule has 0 aliphatic carbocycles. The lowest BCUT2D eigenvalue weighted by Crippen LogP contribution is -2.47. The largest absolute Gasteiger partial charge is 0.340 e. The van der Waals surface area contributed by atoms with Crippen LogP contribution in [0.2, 0.25) is 0 Å². The van der Waals surface area contributed by atoms with E-state index in [2.05, 4.69) is 10.2 Å². The molecule has 2 heterocycles. The van der Waals surface area contributed by atoms with Gasteiger partial charge < -0.3 is 15.1 Å². The number of aryl methyl sites for hydroxylation is 2. The maximum absolute atomic E-state index is 13.4. The number of piperazine rings is 1. The molecule has 0 radical (unpaired) electrons. The molecular formula is C21H34N4O3S. The van der Waals surface area contributed by atoms with Crippen LogP contribution < -0.4 is 5.32 Å². The van der Waals surface area contributed by atoms with Crippen LogP contribution in [0.5, 0.6) is 0 Å².